The Morgan fingerprint density at radius 3 is 2.62 bits per heavy atom. The third kappa shape index (κ3) is 3.52. The fourth-order valence-electron chi connectivity index (χ4n) is 4.63. The van der Waals surface area contributed by atoms with Gasteiger partial charge in [0, 0.05) is 32.4 Å². The van der Waals surface area contributed by atoms with Crippen LogP contribution in [-0.4, -0.2) is 46.3 Å². The van der Waals surface area contributed by atoms with E-state index in [4.69, 9.17) is 14.7 Å². The van der Waals surface area contributed by atoms with Crippen LogP contribution in [0.25, 0.3) is 11.0 Å². The first-order valence-corrected chi connectivity index (χ1v) is 10.8. The van der Waals surface area contributed by atoms with Crippen molar-refractivity contribution in [1.29, 1.82) is 0 Å². The highest BCUT2D eigenvalue weighted by atomic mass is 16.5. The lowest BCUT2D eigenvalue weighted by Gasteiger charge is -2.33. The maximum absolute atomic E-state index is 6.24. The second kappa shape index (κ2) is 7.58. The van der Waals surface area contributed by atoms with Gasteiger partial charge in [0.2, 0.25) is 5.95 Å². The topological polar surface area (TPSA) is 46.4 Å². The molecule has 5 rings (SSSR count). The fraction of sp³-hybridized carbons (Fsp3) is 0.478. The van der Waals surface area contributed by atoms with Gasteiger partial charge in [-0.1, -0.05) is 18.2 Å². The Morgan fingerprint density at radius 2 is 1.83 bits per heavy atom. The molecule has 1 aromatic carbocycles. The summed E-state index contributed by atoms with van der Waals surface area (Å²) in [6, 6.07) is 12.8. The molecule has 2 saturated heterocycles. The van der Waals surface area contributed by atoms with Crippen LogP contribution < -0.4 is 14.5 Å². The molecule has 0 aliphatic carbocycles. The zero-order valence-electron chi connectivity index (χ0n) is 17.3. The second-order valence-corrected chi connectivity index (χ2v) is 8.34. The van der Waals surface area contributed by atoms with Gasteiger partial charge in [0.05, 0.1) is 11.9 Å². The molecule has 0 N–H and O–H groups in total. The van der Waals surface area contributed by atoms with E-state index >= 15 is 0 Å². The number of piperidine rings is 1. The van der Waals surface area contributed by atoms with Crippen LogP contribution in [0.5, 0.6) is 5.75 Å². The van der Waals surface area contributed by atoms with Crippen molar-refractivity contribution in [1.82, 2.24) is 14.5 Å². The summed E-state index contributed by atoms with van der Waals surface area (Å²) in [4.78, 5) is 14.8. The Bertz CT molecular complexity index is 986. The van der Waals surface area contributed by atoms with Crippen LogP contribution in [0.4, 0.5) is 11.8 Å². The van der Waals surface area contributed by atoms with E-state index in [2.05, 4.69) is 40.6 Å². The first-order chi connectivity index (χ1) is 14.2. The highest BCUT2D eigenvalue weighted by molar-refractivity contribution is 5.89. The minimum absolute atomic E-state index is 0.160. The Kier molecular flexibility index (Phi) is 4.78. The monoisotopic (exact) mass is 391 g/mol. The molecule has 6 heteroatoms. The summed E-state index contributed by atoms with van der Waals surface area (Å²) < 4.78 is 8.34. The number of ether oxygens (including phenoxy) is 1. The molecular formula is C23H29N5O. The Hall–Kier alpha value is -2.76. The van der Waals surface area contributed by atoms with Crippen LogP contribution in [0, 0.1) is 0 Å². The molecule has 0 saturated carbocycles. The summed E-state index contributed by atoms with van der Waals surface area (Å²) in [6.07, 6.45) is 6.85. The van der Waals surface area contributed by atoms with Crippen molar-refractivity contribution in [3.8, 4) is 5.75 Å². The van der Waals surface area contributed by atoms with E-state index in [0.29, 0.717) is 6.04 Å². The summed E-state index contributed by atoms with van der Waals surface area (Å²) >= 11 is 0. The van der Waals surface area contributed by atoms with Crippen LogP contribution in [0.15, 0.2) is 42.6 Å². The molecule has 2 aromatic heterocycles. The van der Waals surface area contributed by atoms with Crippen LogP contribution in [-0.2, 0) is 7.05 Å². The lowest BCUT2D eigenvalue weighted by Crippen LogP contribution is -2.42. The fourth-order valence-corrected chi connectivity index (χ4v) is 4.63. The molecule has 2 fully saturated rings. The van der Waals surface area contributed by atoms with E-state index in [1.807, 2.05) is 30.3 Å². The molecule has 0 amide bonds. The van der Waals surface area contributed by atoms with Gasteiger partial charge in [0.25, 0.3) is 0 Å². The van der Waals surface area contributed by atoms with Gasteiger partial charge in [-0.25, -0.2) is 0 Å². The van der Waals surface area contributed by atoms with Gasteiger partial charge < -0.3 is 19.1 Å². The van der Waals surface area contributed by atoms with Gasteiger partial charge in [-0.2, -0.15) is 9.97 Å². The molecule has 3 aromatic rings. The number of benzene rings is 1. The maximum atomic E-state index is 6.24. The summed E-state index contributed by atoms with van der Waals surface area (Å²) in [7, 11) is 2.06. The number of rotatable bonds is 4. The maximum Gasteiger partial charge on any atom is 0.229 e. The molecule has 2 aliphatic rings. The van der Waals surface area contributed by atoms with Gasteiger partial charge in [0.15, 0.2) is 0 Å². The Balaban J connectivity index is 1.45. The number of aromatic nitrogens is 3. The first-order valence-electron chi connectivity index (χ1n) is 10.8. The van der Waals surface area contributed by atoms with E-state index in [-0.39, 0.29) is 6.10 Å². The third-order valence-electron chi connectivity index (χ3n) is 6.22. The van der Waals surface area contributed by atoms with Crippen LogP contribution in [0.3, 0.4) is 0 Å². The van der Waals surface area contributed by atoms with Crippen molar-refractivity contribution in [2.45, 2.75) is 44.8 Å². The Labute approximate surface area is 172 Å². The molecule has 0 radical (unpaired) electrons. The number of aryl methyl sites for hydroxylation is 1. The predicted molar refractivity (Wildman–Crippen MR) is 117 cm³/mol. The van der Waals surface area contributed by atoms with Crippen LogP contribution >= 0.6 is 0 Å². The van der Waals surface area contributed by atoms with Gasteiger partial charge in [-0.15, -0.1) is 0 Å². The summed E-state index contributed by atoms with van der Waals surface area (Å²) in [5, 5.41) is 1.15. The average molecular weight is 392 g/mol. The van der Waals surface area contributed by atoms with E-state index < -0.39 is 0 Å². The minimum atomic E-state index is 0.160. The summed E-state index contributed by atoms with van der Waals surface area (Å²) in [6.45, 7) is 5.16. The standard InChI is InChI=1S/C23H29N5O/c1-17-8-6-14-28(17)22-20-12-15-26(2)21(20)24-23(25-22)27-13-7-11-19(16-27)29-18-9-4-3-5-10-18/h3-5,9-10,12,15,17,19H,6-8,11,13-14,16H2,1-2H3/t17-,19?/m1/s1. The predicted octanol–water partition coefficient (Wildman–Crippen LogP) is 4.00. The zero-order valence-corrected chi connectivity index (χ0v) is 17.3. The SMILES string of the molecule is C[C@@H]1CCCN1c1nc(N2CCCC(Oc3ccccc3)C2)nc2c1ccn2C. The molecule has 0 spiro atoms. The van der Waals surface area contributed by atoms with Gasteiger partial charge >= 0.3 is 0 Å². The molecular weight excluding hydrogens is 362 g/mol. The molecule has 2 aliphatic heterocycles. The molecule has 4 heterocycles. The van der Waals surface area contributed by atoms with E-state index in [1.165, 1.54) is 12.8 Å². The number of fused-ring (bicyclic) bond motifs is 1. The lowest BCUT2D eigenvalue weighted by atomic mass is 10.1. The quantitative estimate of drug-likeness (QED) is 0.673. The summed E-state index contributed by atoms with van der Waals surface area (Å²) in [5.41, 5.74) is 1.01. The van der Waals surface area contributed by atoms with Gasteiger partial charge in [-0.3, -0.25) is 0 Å². The number of hydrogen-bond acceptors (Lipinski definition) is 5. The lowest BCUT2D eigenvalue weighted by molar-refractivity contribution is 0.178. The molecule has 1 unspecified atom stereocenters. The Morgan fingerprint density at radius 1 is 1.00 bits per heavy atom. The van der Waals surface area contributed by atoms with Crippen LogP contribution in [0.1, 0.15) is 32.6 Å². The highest BCUT2D eigenvalue weighted by Gasteiger charge is 2.28. The largest absolute Gasteiger partial charge is 0.489 e. The van der Waals surface area contributed by atoms with Crippen molar-refractivity contribution in [3.63, 3.8) is 0 Å². The smallest absolute Gasteiger partial charge is 0.229 e. The van der Waals surface area contributed by atoms with Crippen molar-refractivity contribution >= 4 is 22.8 Å². The molecule has 2 atom stereocenters. The number of anilines is 2. The van der Waals surface area contributed by atoms with Crippen molar-refractivity contribution in [2.75, 3.05) is 29.4 Å². The van der Waals surface area contributed by atoms with Crippen molar-refractivity contribution in [2.24, 2.45) is 7.05 Å². The number of para-hydroxylation sites is 1. The molecule has 0 bridgehead atoms. The highest BCUT2D eigenvalue weighted by Crippen LogP contribution is 2.33. The van der Waals surface area contributed by atoms with Crippen molar-refractivity contribution in [3.05, 3.63) is 42.6 Å². The second-order valence-electron chi connectivity index (χ2n) is 8.34. The molecule has 152 valence electrons. The van der Waals surface area contributed by atoms with Gasteiger partial charge in [-0.05, 0) is 50.8 Å². The third-order valence-corrected chi connectivity index (χ3v) is 6.22. The number of nitrogens with zero attached hydrogens (tertiary/aromatic N) is 5. The van der Waals surface area contributed by atoms with E-state index in [9.17, 15) is 0 Å². The first kappa shape index (κ1) is 18.3. The summed E-state index contributed by atoms with van der Waals surface area (Å²) in [5.74, 6) is 2.85. The van der Waals surface area contributed by atoms with E-state index in [0.717, 1.165) is 61.0 Å². The van der Waals surface area contributed by atoms with E-state index in [1.54, 1.807) is 0 Å². The zero-order chi connectivity index (χ0) is 19.8. The van der Waals surface area contributed by atoms with Gasteiger partial charge in [0.1, 0.15) is 23.3 Å². The minimum Gasteiger partial charge on any atom is -0.489 e. The van der Waals surface area contributed by atoms with Crippen molar-refractivity contribution < 1.29 is 4.74 Å². The molecule has 29 heavy (non-hydrogen) atoms. The molecule has 6 nitrogen and oxygen atoms in total. The van der Waals surface area contributed by atoms with Crippen LogP contribution in [0.2, 0.25) is 0 Å². The number of hydrogen-bond donors (Lipinski definition) is 0. The normalized spacial score (nSPS) is 22.4. The average Bonchev–Trinajstić information content (AvgIpc) is 3.34.